The third-order valence-corrected chi connectivity index (χ3v) is 3.93. The Bertz CT molecular complexity index is 386. The lowest BCUT2D eigenvalue weighted by molar-refractivity contribution is -0.123. The number of ketones is 1. The molecule has 1 saturated carbocycles. The van der Waals surface area contributed by atoms with E-state index in [1.165, 1.54) is 24.0 Å². The molecule has 1 heteroatoms. The molecule has 0 heterocycles. The number of carbonyl (C=O) groups is 1. The molecule has 0 atom stereocenters. The van der Waals surface area contributed by atoms with Gasteiger partial charge in [0.2, 0.25) is 0 Å². The first-order valence-electron chi connectivity index (χ1n) is 6.73. The van der Waals surface area contributed by atoms with Crippen molar-refractivity contribution < 1.29 is 4.79 Å². The summed E-state index contributed by atoms with van der Waals surface area (Å²) in [5.41, 5.74) is 2.42. The Kier molecular flexibility index (Phi) is 3.98. The van der Waals surface area contributed by atoms with Crippen LogP contribution in [-0.2, 0) is 11.2 Å². The number of Topliss-reactive ketones (excluding diaryl/α,β-unsaturated/α-hetero) is 1. The van der Waals surface area contributed by atoms with E-state index in [0.717, 1.165) is 18.8 Å². The van der Waals surface area contributed by atoms with Gasteiger partial charge in [-0.2, -0.15) is 0 Å². The first kappa shape index (κ1) is 12.3. The van der Waals surface area contributed by atoms with Gasteiger partial charge in [0.25, 0.3) is 0 Å². The van der Waals surface area contributed by atoms with Crippen molar-refractivity contribution in [2.75, 3.05) is 0 Å². The summed E-state index contributed by atoms with van der Waals surface area (Å²) in [4.78, 5) is 12.2. The van der Waals surface area contributed by atoms with Crippen molar-refractivity contribution in [3.05, 3.63) is 35.4 Å². The van der Waals surface area contributed by atoms with Gasteiger partial charge in [0.05, 0.1) is 0 Å². The molecule has 2 rings (SSSR count). The molecule has 0 bridgehead atoms. The fourth-order valence-electron chi connectivity index (χ4n) is 2.75. The summed E-state index contributed by atoms with van der Waals surface area (Å²) in [5.74, 6) is 1.59. The van der Waals surface area contributed by atoms with Gasteiger partial charge in [-0.3, -0.25) is 4.79 Å². The van der Waals surface area contributed by atoms with E-state index in [0.29, 0.717) is 18.1 Å². The van der Waals surface area contributed by atoms with Gasteiger partial charge < -0.3 is 0 Å². The van der Waals surface area contributed by atoms with Crippen LogP contribution in [0.1, 0.15) is 43.7 Å². The van der Waals surface area contributed by atoms with Gasteiger partial charge in [-0.1, -0.05) is 49.6 Å². The average molecular weight is 230 g/mol. The second-order valence-corrected chi connectivity index (χ2v) is 5.59. The minimum Gasteiger partial charge on any atom is -0.299 e. The summed E-state index contributed by atoms with van der Waals surface area (Å²) in [6.45, 7) is 4.37. The van der Waals surface area contributed by atoms with Crippen LogP contribution in [0.25, 0.3) is 0 Å². The Labute approximate surface area is 104 Å². The van der Waals surface area contributed by atoms with Gasteiger partial charge in [-0.15, -0.1) is 0 Å². The summed E-state index contributed by atoms with van der Waals surface area (Å²) in [7, 11) is 0. The van der Waals surface area contributed by atoms with Crippen LogP contribution in [0.3, 0.4) is 0 Å². The molecule has 1 nitrogen and oxygen atoms in total. The lowest BCUT2D eigenvalue weighted by Crippen LogP contribution is -2.22. The number of rotatable bonds is 3. The van der Waals surface area contributed by atoms with E-state index in [2.05, 4.69) is 32.0 Å². The molecule has 0 unspecified atom stereocenters. The van der Waals surface area contributed by atoms with E-state index in [1.54, 1.807) is 0 Å². The standard InChI is InChI=1S/C16H22O/c1-12-6-8-15(9-7-12)16(17)11-14-5-3-4-13(2)10-14/h3-5,10,12,15H,6-9,11H2,1-2H3. The molecule has 1 aromatic rings. The van der Waals surface area contributed by atoms with Gasteiger partial charge in [0.15, 0.2) is 0 Å². The van der Waals surface area contributed by atoms with Crippen LogP contribution in [0, 0.1) is 18.8 Å². The lowest BCUT2D eigenvalue weighted by Gasteiger charge is -2.25. The summed E-state index contributed by atoms with van der Waals surface area (Å²) in [6, 6.07) is 8.32. The predicted molar refractivity (Wildman–Crippen MR) is 71.0 cm³/mol. The number of hydrogen-bond acceptors (Lipinski definition) is 1. The van der Waals surface area contributed by atoms with Gasteiger partial charge in [-0.25, -0.2) is 0 Å². The third-order valence-electron chi connectivity index (χ3n) is 3.93. The first-order chi connectivity index (χ1) is 8.15. The molecule has 1 aromatic carbocycles. The largest absolute Gasteiger partial charge is 0.299 e. The Morgan fingerprint density at radius 3 is 2.59 bits per heavy atom. The zero-order chi connectivity index (χ0) is 12.3. The van der Waals surface area contributed by atoms with Crippen molar-refractivity contribution in [2.24, 2.45) is 11.8 Å². The summed E-state index contributed by atoms with van der Waals surface area (Å²) in [5, 5.41) is 0. The number of hydrogen-bond donors (Lipinski definition) is 0. The molecule has 1 aliphatic rings. The summed E-state index contributed by atoms with van der Waals surface area (Å²) in [6.07, 6.45) is 5.28. The second-order valence-electron chi connectivity index (χ2n) is 5.59. The van der Waals surface area contributed by atoms with Crippen LogP contribution >= 0.6 is 0 Å². The number of carbonyl (C=O) groups excluding carboxylic acids is 1. The van der Waals surface area contributed by atoms with E-state index in [4.69, 9.17) is 0 Å². The van der Waals surface area contributed by atoms with E-state index >= 15 is 0 Å². The van der Waals surface area contributed by atoms with Crippen molar-refractivity contribution in [1.82, 2.24) is 0 Å². The molecule has 0 amide bonds. The molecule has 92 valence electrons. The van der Waals surface area contributed by atoms with Crippen LogP contribution in [0.4, 0.5) is 0 Å². The third kappa shape index (κ3) is 3.42. The highest BCUT2D eigenvalue weighted by Gasteiger charge is 2.23. The average Bonchev–Trinajstić information content (AvgIpc) is 2.29. The van der Waals surface area contributed by atoms with Crippen LogP contribution in [0.5, 0.6) is 0 Å². The molecule has 17 heavy (non-hydrogen) atoms. The normalized spacial score (nSPS) is 24.6. The second kappa shape index (κ2) is 5.48. The molecule has 0 N–H and O–H groups in total. The van der Waals surface area contributed by atoms with Crippen LogP contribution in [-0.4, -0.2) is 5.78 Å². The van der Waals surface area contributed by atoms with E-state index in [-0.39, 0.29) is 0 Å². The quantitative estimate of drug-likeness (QED) is 0.769. The highest BCUT2D eigenvalue weighted by molar-refractivity contribution is 5.83. The fraction of sp³-hybridized carbons (Fsp3) is 0.562. The molecular weight excluding hydrogens is 208 g/mol. The maximum Gasteiger partial charge on any atom is 0.140 e. The molecule has 0 radical (unpaired) electrons. The summed E-state index contributed by atoms with van der Waals surface area (Å²) < 4.78 is 0. The molecular formula is C16H22O. The maximum absolute atomic E-state index is 12.2. The highest BCUT2D eigenvalue weighted by Crippen LogP contribution is 2.29. The molecule has 0 aliphatic heterocycles. The van der Waals surface area contributed by atoms with E-state index in [1.807, 2.05) is 6.07 Å². The molecule has 0 saturated heterocycles. The SMILES string of the molecule is Cc1cccc(CC(=O)C2CCC(C)CC2)c1. The van der Waals surface area contributed by atoms with Crippen LogP contribution < -0.4 is 0 Å². The van der Waals surface area contributed by atoms with Crippen molar-refractivity contribution >= 4 is 5.78 Å². The Hall–Kier alpha value is -1.11. The molecule has 1 fully saturated rings. The Balaban J connectivity index is 1.93. The minimum absolute atomic E-state index is 0.326. The lowest BCUT2D eigenvalue weighted by atomic mass is 9.79. The van der Waals surface area contributed by atoms with Crippen molar-refractivity contribution in [3.63, 3.8) is 0 Å². The van der Waals surface area contributed by atoms with Crippen molar-refractivity contribution in [3.8, 4) is 0 Å². The van der Waals surface area contributed by atoms with Crippen molar-refractivity contribution in [2.45, 2.75) is 46.0 Å². The Morgan fingerprint density at radius 2 is 1.94 bits per heavy atom. The minimum atomic E-state index is 0.326. The Morgan fingerprint density at radius 1 is 1.24 bits per heavy atom. The zero-order valence-electron chi connectivity index (χ0n) is 10.9. The smallest absolute Gasteiger partial charge is 0.140 e. The molecule has 0 spiro atoms. The molecule has 0 aromatic heterocycles. The van der Waals surface area contributed by atoms with Crippen LogP contribution in [0.2, 0.25) is 0 Å². The zero-order valence-corrected chi connectivity index (χ0v) is 10.9. The van der Waals surface area contributed by atoms with Gasteiger partial charge in [0.1, 0.15) is 5.78 Å². The van der Waals surface area contributed by atoms with Gasteiger partial charge >= 0.3 is 0 Å². The van der Waals surface area contributed by atoms with Gasteiger partial charge in [0, 0.05) is 12.3 Å². The number of aryl methyl sites for hydroxylation is 1. The summed E-state index contributed by atoms with van der Waals surface area (Å²) >= 11 is 0. The highest BCUT2D eigenvalue weighted by atomic mass is 16.1. The van der Waals surface area contributed by atoms with E-state index < -0.39 is 0 Å². The van der Waals surface area contributed by atoms with Crippen LogP contribution in [0.15, 0.2) is 24.3 Å². The fourth-order valence-corrected chi connectivity index (χ4v) is 2.75. The van der Waals surface area contributed by atoms with Gasteiger partial charge in [-0.05, 0) is 31.2 Å². The first-order valence-corrected chi connectivity index (χ1v) is 6.73. The predicted octanol–water partition coefficient (Wildman–Crippen LogP) is 3.93. The number of benzene rings is 1. The maximum atomic E-state index is 12.2. The van der Waals surface area contributed by atoms with E-state index in [9.17, 15) is 4.79 Å². The molecule has 1 aliphatic carbocycles. The van der Waals surface area contributed by atoms with Crippen molar-refractivity contribution in [1.29, 1.82) is 0 Å². The topological polar surface area (TPSA) is 17.1 Å². The monoisotopic (exact) mass is 230 g/mol.